The number of nitrogens with one attached hydrogen (secondary N) is 1. The Morgan fingerprint density at radius 2 is 1.74 bits per heavy atom. The summed E-state index contributed by atoms with van der Waals surface area (Å²) in [7, 11) is 1.61. The molecule has 0 aliphatic heterocycles. The van der Waals surface area contributed by atoms with Crippen LogP contribution in [0, 0.1) is 0 Å². The average molecular weight is 453 g/mol. The van der Waals surface area contributed by atoms with E-state index in [1.807, 2.05) is 48.7 Å². The highest BCUT2D eigenvalue weighted by molar-refractivity contribution is 6.01. The third-order valence-electron chi connectivity index (χ3n) is 5.42. The van der Waals surface area contributed by atoms with E-state index in [0.29, 0.717) is 23.9 Å². The third-order valence-corrected chi connectivity index (χ3v) is 5.42. The van der Waals surface area contributed by atoms with Crippen LogP contribution in [0.2, 0.25) is 0 Å². The molecule has 0 aliphatic carbocycles. The Morgan fingerprint density at radius 3 is 2.59 bits per heavy atom. The van der Waals surface area contributed by atoms with Crippen LogP contribution in [0.15, 0.2) is 95.5 Å². The average Bonchev–Trinajstić information content (AvgIpc) is 3.53. The highest BCUT2D eigenvalue weighted by atomic mass is 16.5. The molecule has 2 heterocycles. The van der Waals surface area contributed by atoms with Crippen LogP contribution in [0.3, 0.4) is 0 Å². The van der Waals surface area contributed by atoms with Gasteiger partial charge in [-0.1, -0.05) is 42.5 Å². The Morgan fingerprint density at radius 1 is 0.941 bits per heavy atom. The number of carbonyl (C=O) groups excluding carboxylic acids is 1. The van der Waals surface area contributed by atoms with Crippen LogP contribution in [-0.4, -0.2) is 22.8 Å². The summed E-state index contributed by atoms with van der Waals surface area (Å²) in [5, 5.41) is 9.64. The smallest absolute Gasteiger partial charge is 0.292 e. The molecule has 0 fully saturated rings. The van der Waals surface area contributed by atoms with Crippen molar-refractivity contribution in [2.24, 2.45) is 0 Å². The van der Waals surface area contributed by atoms with Gasteiger partial charge in [-0.15, -0.1) is 0 Å². The lowest BCUT2D eigenvalue weighted by Crippen LogP contribution is -2.12. The lowest BCUT2D eigenvalue weighted by molar-refractivity contribution is 0.0992. The summed E-state index contributed by atoms with van der Waals surface area (Å²) in [4.78, 5) is 12.6. The standard InChI is InChI=1S/C27H23N3O4/c1-32-21-9-11-22(12-10-21)33-18-23-13-14-25(34-23)27(31)28-26-15-16-30(29-26)17-20-7-4-6-19-5-2-3-8-24(19)20/h2-16H,17-18H2,1H3,(H,28,29,31). The first-order valence-corrected chi connectivity index (χ1v) is 10.8. The highest BCUT2D eigenvalue weighted by Crippen LogP contribution is 2.21. The molecule has 5 aromatic rings. The van der Waals surface area contributed by atoms with Crippen LogP contribution >= 0.6 is 0 Å². The molecule has 7 heteroatoms. The largest absolute Gasteiger partial charge is 0.497 e. The van der Waals surface area contributed by atoms with Crippen LogP contribution in [-0.2, 0) is 13.2 Å². The van der Waals surface area contributed by atoms with Crippen molar-refractivity contribution in [3.63, 3.8) is 0 Å². The highest BCUT2D eigenvalue weighted by Gasteiger charge is 2.14. The van der Waals surface area contributed by atoms with Crippen LogP contribution in [0.5, 0.6) is 11.5 Å². The molecule has 0 unspecified atom stereocenters. The number of aromatic nitrogens is 2. The number of furan rings is 1. The minimum absolute atomic E-state index is 0.192. The predicted octanol–water partition coefficient (Wildman–Crippen LogP) is 5.52. The Labute approximate surface area is 196 Å². The Bertz CT molecular complexity index is 1410. The van der Waals surface area contributed by atoms with Crippen LogP contribution in [0.1, 0.15) is 21.9 Å². The van der Waals surface area contributed by atoms with Crippen molar-refractivity contribution in [1.82, 2.24) is 9.78 Å². The molecule has 34 heavy (non-hydrogen) atoms. The van der Waals surface area contributed by atoms with E-state index in [4.69, 9.17) is 13.9 Å². The van der Waals surface area contributed by atoms with E-state index < -0.39 is 0 Å². The maximum Gasteiger partial charge on any atom is 0.292 e. The van der Waals surface area contributed by atoms with Gasteiger partial charge in [0, 0.05) is 12.3 Å². The fourth-order valence-corrected chi connectivity index (χ4v) is 3.70. The second-order valence-electron chi connectivity index (χ2n) is 7.72. The zero-order valence-electron chi connectivity index (χ0n) is 18.6. The Hall–Kier alpha value is -4.52. The van der Waals surface area contributed by atoms with Crippen molar-refractivity contribution in [3.05, 3.63) is 108 Å². The molecule has 0 saturated heterocycles. The van der Waals surface area contributed by atoms with E-state index in [1.165, 1.54) is 10.8 Å². The molecule has 1 amide bonds. The summed E-state index contributed by atoms with van der Waals surface area (Å²) in [5.74, 6) is 2.26. The van der Waals surface area contributed by atoms with Gasteiger partial charge in [-0.25, -0.2) is 0 Å². The lowest BCUT2D eigenvalue weighted by atomic mass is 10.0. The summed E-state index contributed by atoms with van der Waals surface area (Å²) >= 11 is 0. The van der Waals surface area contributed by atoms with Gasteiger partial charge in [-0.3, -0.25) is 9.48 Å². The van der Waals surface area contributed by atoms with Gasteiger partial charge in [0.2, 0.25) is 0 Å². The number of fused-ring (bicyclic) bond motifs is 1. The summed E-state index contributed by atoms with van der Waals surface area (Å²) in [6.45, 7) is 0.810. The molecule has 2 aromatic heterocycles. The van der Waals surface area contributed by atoms with Gasteiger partial charge in [-0.2, -0.15) is 5.10 Å². The molecule has 3 aromatic carbocycles. The van der Waals surface area contributed by atoms with Crippen LogP contribution in [0.4, 0.5) is 5.82 Å². The number of nitrogens with zero attached hydrogens (tertiary/aromatic N) is 2. The molecule has 0 bridgehead atoms. The molecular formula is C27H23N3O4. The number of hydrogen-bond acceptors (Lipinski definition) is 5. The first-order valence-electron chi connectivity index (χ1n) is 10.8. The number of amides is 1. The number of ether oxygens (including phenoxy) is 2. The number of carbonyl (C=O) groups is 1. The van der Waals surface area contributed by atoms with Crippen LogP contribution < -0.4 is 14.8 Å². The number of anilines is 1. The predicted molar refractivity (Wildman–Crippen MR) is 129 cm³/mol. The van der Waals surface area contributed by atoms with E-state index in [2.05, 4.69) is 34.7 Å². The van der Waals surface area contributed by atoms with Gasteiger partial charge in [0.25, 0.3) is 5.91 Å². The molecular weight excluding hydrogens is 430 g/mol. The number of hydrogen-bond donors (Lipinski definition) is 1. The van der Waals surface area contributed by atoms with Gasteiger partial charge >= 0.3 is 0 Å². The minimum atomic E-state index is -0.369. The SMILES string of the molecule is COc1ccc(OCc2ccc(C(=O)Nc3ccn(Cc4cccc5ccccc45)n3)o2)cc1. The maximum absolute atomic E-state index is 12.6. The molecule has 0 spiro atoms. The molecule has 0 atom stereocenters. The zero-order chi connectivity index (χ0) is 23.3. The molecule has 5 rings (SSSR count). The van der Waals surface area contributed by atoms with Gasteiger partial charge in [-0.05, 0) is 52.7 Å². The first-order chi connectivity index (χ1) is 16.7. The summed E-state index contributed by atoms with van der Waals surface area (Å²) < 4.78 is 18.3. The Kier molecular flexibility index (Phi) is 5.99. The first kappa shape index (κ1) is 21.3. The summed E-state index contributed by atoms with van der Waals surface area (Å²) in [6, 6.07) is 26.8. The second kappa shape index (κ2) is 9.54. The van der Waals surface area contributed by atoms with Crippen molar-refractivity contribution in [2.75, 3.05) is 12.4 Å². The fraction of sp³-hybridized carbons (Fsp3) is 0.111. The van der Waals surface area contributed by atoms with E-state index >= 15 is 0 Å². The van der Waals surface area contributed by atoms with E-state index in [0.717, 1.165) is 11.3 Å². The van der Waals surface area contributed by atoms with Gasteiger partial charge < -0.3 is 19.2 Å². The van der Waals surface area contributed by atoms with Crippen molar-refractivity contribution in [3.8, 4) is 11.5 Å². The van der Waals surface area contributed by atoms with Crippen molar-refractivity contribution >= 4 is 22.5 Å². The molecule has 1 N–H and O–H groups in total. The zero-order valence-corrected chi connectivity index (χ0v) is 18.6. The molecule has 0 radical (unpaired) electrons. The van der Waals surface area contributed by atoms with Crippen molar-refractivity contribution < 1.29 is 18.7 Å². The normalized spacial score (nSPS) is 10.9. The number of methoxy groups -OCH3 is 1. The summed E-state index contributed by atoms with van der Waals surface area (Å²) in [5.41, 5.74) is 1.16. The van der Waals surface area contributed by atoms with Crippen molar-refractivity contribution in [1.29, 1.82) is 0 Å². The molecule has 170 valence electrons. The molecule has 7 nitrogen and oxygen atoms in total. The topological polar surface area (TPSA) is 78.5 Å². The monoisotopic (exact) mass is 453 g/mol. The maximum atomic E-state index is 12.6. The quantitative estimate of drug-likeness (QED) is 0.335. The minimum Gasteiger partial charge on any atom is -0.497 e. The van der Waals surface area contributed by atoms with E-state index in [9.17, 15) is 4.79 Å². The van der Waals surface area contributed by atoms with Gasteiger partial charge in [0.1, 0.15) is 23.9 Å². The summed E-state index contributed by atoms with van der Waals surface area (Å²) in [6.07, 6.45) is 1.84. The van der Waals surface area contributed by atoms with Gasteiger partial charge in [0.15, 0.2) is 11.6 Å². The van der Waals surface area contributed by atoms with E-state index in [1.54, 1.807) is 30.0 Å². The lowest BCUT2D eigenvalue weighted by Gasteiger charge is -2.07. The number of rotatable bonds is 8. The Balaban J connectivity index is 1.19. The molecule has 0 aliphatic rings. The van der Waals surface area contributed by atoms with Crippen molar-refractivity contribution in [2.45, 2.75) is 13.2 Å². The number of benzene rings is 3. The second-order valence-corrected chi connectivity index (χ2v) is 7.72. The van der Waals surface area contributed by atoms with E-state index in [-0.39, 0.29) is 18.3 Å². The fourth-order valence-electron chi connectivity index (χ4n) is 3.70. The van der Waals surface area contributed by atoms with Gasteiger partial charge in [0.05, 0.1) is 13.7 Å². The third kappa shape index (κ3) is 4.78. The molecule has 0 saturated carbocycles. The van der Waals surface area contributed by atoms with Crippen LogP contribution in [0.25, 0.3) is 10.8 Å².